The highest BCUT2D eigenvalue weighted by Crippen LogP contribution is 2.14. The molecule has 1 rings (SSSR count). The first-order valence-electron chi connectivity index (χ1n) is 6.85. The van der Waals surface area contributed by atoms with Crippen LogP contribution in [-0.4, -0.2) is 37.1 Å². The Balaban J connectivity index is 2.47. The molecule has 0 saturated heterocycles. The molecule has 0 aliphatic rings. The number of benzene rings is 1. The van der Waals surface area contributed by atoms with E-state index in [1.807, 2.05) is 44.2 Å². The van der Waals surface area contributed by atoms with Crippen molar-refractivity contribution in [3.8, 4) is 0 Å². The molecular weight excluding hydrogens is 240 g/mol. The summed E-state index contributed by atoms with van der Waals surface area (Å²) in [5.41, 5.74) is 7.06. The Morgan fingerprint density at radius 1 is 1.32 bits per heavy atom. The highest BCUT2D eigenvalue weighted by Gasteiger charge is 2.16. The SMILES string of the molecule is CCOCCN(CC)C(=O)CC(N)c1ccccc1. The van der Waals surface area contributed by atoms with Crippen LogP contribution in [0.1, 0.15) is 31.9 Å². The van der Waals surface area contributed by atoms with Crippen LogP contribution in [0.3, 0.4) is 0 Å². The van der Waals surface area contributed by atoms with Gasteiger partial charge in [-0.05, 0) is 19.4 Å². The number of nitrogens with two attached hydrogens (primary N) is 1. The zero-order valence-electron chi connectivity index (χ0n) is 11.8. The molecule has 0 aromatic heterocycles. The van der Waals surface area contributed by atoms with E-state index < -0.39 is 0 Å². The molecule has 1 aromatic carbocycles. The lowest BCUT2D eigenvalue weighted by atomic mass is 10.0. The van der Waals surface area contributed by atoms with E-state index in [4.69, 9.17) is 10.5 Å². The molecular formula is C15H24N2O2. The quantitative estimate of drug-likeness (QED) is 0.730. The van der Waals surface area contributed by atoms with Crippen molar-refractivity contribution < 1.29 is 9.53 Å². The highest BCUT2D eigenvalue weighted by atomic mass is 16.5. The summed E-state index contributed by atoms with van der Waals surface area (Å²) in [5, 5.41) is 0. The summed E-state index contributed by atoms with van der Waals surface area (Å²) >= 11 is 0. The molecule has 0 heterocycles. The van der Waals surface area contributed by atoms with Gasteiger partial charge in [0.25, 0.3) is 0 Å². The average Bonchev–Trinajstić information content (AvgIpc) is 2.44. The predicted molar refractivity (Wildman–Crippen MR) is 76.7 cm³/mol. The Kier molecular flexibility index (Phi) is 7.15. The molecule has 0 radical (unpaired) electrons. The Bertz CT molecular complexity index is 368. The molecule has 4 heteroatoms. The summed E-state index contributed by atoms with van der Waals surface area (Å²) in [4.78, 5) is 13.9. The van der Waals surface area contributed by atoms with E-state index in [0.29, 0.717) is 32.7 Å². The van der Waals surface area contributed by atoms with Crippen LogP contribution >= 0.6 is 0 Å². The number of hydrogen-bond donors (Lipinski definition) is 1. The van der Waals surface area contributed by atoms with Crippen molar-refractivity contribution in [3.05, 3.63) is 35.9 Å². The molecule has 19 heavy (non-hydrogen) atoms. The first-order chi connectivity index (χ1) is 9.19. The zero-order chi connectivity index (χ0) is 14.1. The van der Waals surface area contributed by atoms with Crippen molar-refractivity contribution in [2.24, 2.45) is 5.73 Å². The van der Waals surface area contributed by atoms with Crippen molar-refractivity contribution in [2.45, 2.75) is 26.3 Å². The van der Waals surface area contributed by atoms with Crippen LogP contribution in [0.4, 0.5) is 0 Å². The smallest absolute Gasteiger partial charge is 0.224 e. The van der Waals surface area contributed by atoms with E-state index in [9.17, 15) is 4.79 Å². The van der Waals surface area contributed by atoms with Gasteiger partial charge in [0.1, 0.15) is 0 Å². The van der Waals surface area contributed by atoms with Crippen LogP contribution in [0.2, 0.25) is 0 Å². The minimum atomic E-state index is -0.241. The average molecular weight is 264 g/mol. The van der Waals surface area contributed by atoms with Crippen LogP contribution in [0.5, 0.6) is 0 Å². The summed E-state index contributed by atoms with van der Waals surface area (Å²) in [6.45, 7) is 6.49. The summed E-state index contributed by atoms with van der Waals surface area (Å²) < 4.78 is 5.28. The number of carbonyl (C=O) groups is 1. The Hall–Kier alpha value is -1.39. The summed E-state index contributed by atoms with van der Waals surface area (Å²) in [6.07, 6.45) is 0.337. The number of amides is 1. The Morgan fingerprint density at radius 2 is 2.00 bits per heavy atom. The number of hydrogen-bond acceptors (Lipinski definition) is 3. The molecule has 2 N–H and O–H groups in total. The second-order valence-corrected chi connectivity index (χ2v) is 4.39. The molecule has 0 saturated carbocycles. The molecule has 106 valence electrons. The van der Waals surface area contributed by atoms with Crippen LogP contribution in [0, 0.1) is 0 Å². The van der Waals surface area contributed by atoms with Crippen molar-refractivity contribution in [2.75, 3.05) is 26.3 Å². The molecule has 1 atom stereocenters. The van der Waals surface area contributed by atoms with Crippen molar-refractivity contribution in [1.29, 1.82) is 0 Å². The van der Waals surface area contributed by atoms with E-state index in [-0.39, 0.29) is 11.9 Å². The molecule has 0 fully saturated rings. The molecule has 4 nitrogen and oxygen atoms in total. The number of likely N-dealkylation sites (N-methyl/N-ethyl adjacent to an activating group) is 1. The maximum Gasteiger partial charge on any atom is 0.224 e. The van der Waals surface area contributed by atoms with Crippen LogP contribution < -0.4 is 5.73 Å². The van der Waals surface area contributed by atoms with Gasteiger partial charge in [-0.3, -0.25) is 4.79 Å². The largest absolute Gasteiger partial charge is 0.380 e. The van der Waals surface area contributed by atoms with E-state index in [1.54, 1.807) is 4.90 Å². The van der Waals surface area contributed by atoms with Gasteiger partial charge in [0, 0.05) is 32.2 Å². The maximum absolute atomic E-state index is 12.1. The van der Waals surface area contributed by atoms with E-state index in [1.165, 1.54) is 0 Å². The Morgan fingerprint density at radius 3 is 2.58 bits per heavy atom. The lowest BCUT2D eigenvalue weighted by Crippen LogP contribution is -2.35. The summed E-state index contributed by atoms with van der Waals surface area (Å²) in [7, 11) is 0. The monoisotopic (exact) mass is 264 g/mol. The van der Waals surface area contributed by atoms with Gasteiger partial charge < -0.3 is 15.4 Å². The third-order valence-corrected chi connectivity index (χ3v) is 3.07. The summed E-state index contributed by atoms with van der Waals surface area (Å²) in [6, 6.07) is 9.48. The van der Waals surface area contributed by atoms with E-state index >= 15 is 0 Å². The van der Waals surface area contributed by atoms with Crippen molar-refractivity contribution in [3.63, 3.8) is 0 Å². The van der Waals surface area contributed by atoms with Gasteiger partial charge in [-0.1, -0.05) is 30.3 Å². The van der Waals surface area contributed by atoms with Crippen LogP contribution in [0.25, 0.3) is 0 Å². The van der Waals surface area contributed by atoms with Gasteiger partial charge in [-0.2, -0.15) is 0 Å². The van der Waals surface area contributed by atoms with Gasteiger partial charge in [0.05, 0.1) is 6.61 Å². The maximum atomic E-state index is 12.1. The second kappa shape index (κ2) is 8.67. The fraction of sp³-hybridized carbons (Fsp3) is 0.533. The fourth-order valence-electron chi connectivity index (χ4n) is 1.91. The van der Waals surface area contributed by atoms with E-state index in [0.717, 1.165) is 5.56 Å². The number of rotatable bonds is 8. The van der Waals surface area contributed by atoms with Gasteiger partial charge in [-0.15, -0.1) is 0 Å². The molecule has 0 aliphatic carbocycles. The molecule has 1 aromatic rings. The normalized spacial score (nSPS) is 12.2. The third kappa shape index (κ3) is 5.41. The van der Waals surface area contributed by atoms with Gasteiger partial charge >= 0.3 is 0 Å². The van der Waals surface area contributed by atoms with Gasteiger partial charge in [0.2, 0.25) is 5.91 Å². The molecule has 1 amide bonds. The standard InChI is InChI=1S/C15H24N2O2/c1-3-17(10-11-19-4-2)15(18)12-14(16)13-8-6-5-7-9-13/h5-9,14H,3-4,10-12,16H2,1-2H3. The number of carbonyl (C=O) groups excluding carboxylic acids is 1. The first kappa shape index (κ1) is 15.7. The highest BCUT2D eigenvalue weighted by molar-refractivity contribution is 5.77. The topological polar surface area (TPSA) is 55.6 Å². The molecule has 1 unspecified atom stereocenters. The number of nitrogens with zero attached hydrogens (tertiary/aromatic N) is 1. The third-order valence-electron chi connectivity index (χ3n) is 3.07. The fourth-order valence-corrected chi connectivity index (χ4v) is 1.91. The van der Waals surface area contributed by atoms with E-state index in [2.05, 4.69) is 0 Å². The van der Waals surface area contributed by atoms with Gasteiger partial charge in [-0.25, -0.2) is 0 Å². The minimum Gasteiger partial charge on any atom is -0.380 e. The molecule has 0 aliphatic heterocycles. The molecule has 0 bridgehead atoms. The zero-order valence-corrected chi connectivity index (χ0v) is 11.8. The Labute approximate surface area is 115 Å². The second-order valence-electron chi connectivity index (χ2n) is 4.39. The van der Waals surface area contributed by atoms with Crippen molar-refractivity contribution >= 4 is 5.91 Å². The lowest BCUT2D eigenvalue weighted by molar-refractivity contribution is -0.132. The predicted octanol–water partition coefficient (Wildman–Crippen LogP) is 1.96. The number of ether oxygens (including phenoxy) is 1. The van der Waals surface area contributed by atoms with Crippen LogP contribution in [-0.2, 0) is 9.53 Å². The summed E-state index contributed by atoms with van der Waals surface area (Å²) in [5.74, 6) is 0.0820. The molecule has 0 spiro atoms. The van der Waals surface area contributed by atoms with Crippen LogP contribution in [0.15, 0.2) is 30.3 Å². The lowest BCUT2D eigenvalue weighted by Gasteiger charge is -2.22. The van der Waals surface area contributed by atoms with Crippen molar-refractivity contribution in [1.82, 2.24) is 4.90 Å². The minimum absolute atomic E-state index is 0.0820. The van der Waals surface area contributed by atoms with Gasteiger partial charge in [0.15, 0.2) is 0 Å². The first-order valence-corrected chi connectivity index (χ1v) is 6.85.